The van der Waals surface area contributed by atoms with Crippen LogP contribution >= 0.6 is 0 Å². The zero-order chi connectivity index (χ0) is 19.1. The Balaban J connectivity index is 2.19. The van der Waals surface area contributed by atoms with E-state index >= 15 is 0 Å². The Morgan fingerprint density at radius 2 is 1.69 bits per heavy atom. The topological polar surface area (TPSA) is 83.8 Å². The number of Topliss-reactive ketones (excluding diaryl/α,β-unsaturated/α-hetero) is 2. The van der Waals surface area contributed by atoms with Crippen LogP contribution in [0.2, 0.25) is 0 Å². The Bertz CT molecular complexity index is 850. The Morgan fingerprint density at radius 3 is 2.31 bits per heavy atom. The van der Waals surface area contributed by atoms with Gasteiger partial charge in [0.2, 0.25) is 11.6 Å². The molecule has 26 heavy (non-hydrogen) atoms. The summed E-state index contributed by atoms with van der Waals surface area (Å²) in [4.78, 5) is 24.6. The summed E-state index contributed by atoms with van der Waals surface area (Å²) in [5.74, 6) is 2.90. The van der Waals surface area contributed by atoms with Crippen molar-refractivity contribution in [1.82, 2.24) is 0 Å². The van der Waals surface area contributed by atoms with Crippen LogP contribution in [0.25, 0.3) is 0 Å². The van der Waals surface area contributed by atoms with Crippen LogP contribution in [0.5, 0.6) is 5.75 Å². The molecule has 2 N–H and O–H groups in total. The minimum atomic E-state index is -2.98. The van der Waals surface area contributed by atoms with Gasteiger partial charge in [0.1, 0.15) is 18.5 Å². The summed E-state index contributed by atoms with van der Waals surface area (Å²) >= 11 is 0. The van der Waals surface area contributed by atoms with Crippen molar-refractivity contribution >= 4 is 11.6 Å². The highest BCUT2D eigenvalue weighted by molar-refractivity contribution is 6.49. The largest absolute Gasteiger partial charge is 0.435 e. The van der Waals surface area contributed by atoms with Crippen LogP contribution in [0, 0.1) is 11.8 Å². The van der Waals surface area contributed by atoms with Gasteiger partial charge in [-0.1, -0.05) is 30.0 Å². The molecule has 134 valence electrons. The van der Waals surface area contributed by atoms with Crippen LogP contribution in [0.4, 0.5) is 8.78 Å². The third-order valence-electron chi connectivity index (χ3n) is 3.33. The number of rotatable bonds is 6. The fourth-order valence-electron chi connectivity index (χ4n) is 2.13. The van der Waals surface area contributed by atoms with E-state index in [1.165, 1.54) is 36.4 Å². The molecule has 0 fully saturated rings. The van der Waals surface area contributed by atoms with Gasteiger partial charge in [-0.15, -0.1) is 0 Å². The van der Waals surface area contributed by atoms with E-state index in [0.717, 1.165) is 12.1 Å². The van der Waals surface area contributed by atoms with Crippen molar-refractivity contribution in [3.63, 3.8) is 0 Å². The molecule has 0 saturated carbocycles. The molecule has 0 aliphatic carbocycles. The second-order valence-corrected chi connectivity index (χ2v) is 5.07. The molecule has 2 aromatic rings. The lowest BCUT2D eigenvalue weighted by molar-refractivity contribution is -0.0498. The molecule has 7 heteroatoms. The number of alkyl halides is 2. The molecule has 0 radical (unpaired) electrons. The third-order valence-corrected chi connectivity index (χ3v) is 3.33. The number of ketones is 2. The highest BCUT2D eigenvalue weighted by Gasteiger charge is 2.19. The predicted molar refractivity (Wildman–Crippen MR) is 88.0 cm³/mol. The first-order valence-corrected chi connectivity index (χ1v) is 7.43. The average Bonchev–Trinajstić information content (AvgIpc) is 2.65. The van der Waals surface area contributed by atoms with Gasteiger partial charge in [-0.25, -0.2) is 0 Å². The number of ether oxygens (including phenoxy) is 1. The molecule has 5 nitrogen and oxygen atoms in total. The van der Waals surface area contributed by atoms with E-state index in [9.17, 15) is 23.5 Å². The van der Waals surface area contributed by atoms with Gasteiger partial charge in [0.25, 0.3) is 0 Å². The van der Waals surface area contributed by atoms with Crippen LogP contribution in [0.1, 0.15) is 32.4 Å². The van der Waals surface area contributed by atoms with E-state index < -0.39 is 30.9 Å². The van der Waals surface area contributed by atoms with Gasteiger partial charge in [-0.05, 0) is 35.9 Å². The second kappa shape index (κ2) is 8.85. The first-order chi connectivity index (χ1) is 12.4. The lowest BCUT2D eigenvalue weighted by Crippen LogP contribution is -2.15. The fourth-order valence-corrected chi connectivity index (χ4v) is 2.13. The number of carbonyl (C=O) groups is 2. The molecule has 1 unspecified atom stereocenters. The van der Waals surface area contributed by atoms with Gasteiger partial charge in [0.15, 0.2) is 0 Å². The number of hydrogen-bond acceptors (Lipinski definition) is 5. The lowest BCUT2D eigenvalue weighted by atomic mass is 9.98. The molecule has 0 spiro atoms. The molecule has 0 bridgehead atoms. The average molecular weight is 360 g/mol. The summed E-state index contributed by atoms with van der Waals surface area (Å²) < 4.78 is 28.4. The smallest absolute Gasteiger partial charge is 0.387 e. The maximum atomic E-state index is 12.3. The monoisotopic (exact) mass is 360 g/mol. The van der Waals surface area contributed by atoms with Crippen molar-refractivity contribution in [2.45, 2.75) is 12.7 Å². The van der Waals surface area contributed by atoms with Gasteiger partial charge >= 0.3 is 6.61 Å². The third kappa shape index (κ3) is 4.96. The molecule has 0 saturated heterocycles. The molecule has 1 atom stereocenters. The van der Waals surface area contributed by atoms with E-state index in [1.54, 1.807) is 0 Å². The van der Waals surface area contributed by atoms with Crippen molar-refractivity contribution in [3.05, 3.63) is 65.2 Å². The van der Waals surface area contributed by atoms with E-state index in [1.807, 2.05) is 0 Å². The van der Waals surface area contributed by atoms with Crippen molar-refractivity contribution in [3.8, 4) is 17.6 Å². The van der Waals surface area contributed by atoms with E-state index in [-0.39, 0.29) is 16.9 Å². The fraction of sp³-hybridized carbons (Fsp3) is 0.158. The Labute approximate surface area is 147 Å². The molecular formula is C19H14F2O5. The molecule has 0 aliphatic heterocycles. The number of carbonyl (C=O) groups excluding carboxylic acids is 2. The molecule has 2 rings (SSSR count). The highest BCUT2D eigenvalue weighted by atomic mass is 19.3. The quantitative estimate of drug-likeness (QED) is 0.469. The van der Waals surface area contributed by atoms with Crippen LogP contribution in [-0.4, -0.2) is 35.0 Å². The van der Waals surface area contributed by atoms with Gasteiger partial charge in [0.05, 0.1) is 0 Å². The van der Waals surface area contributed by atoms with Crippen LogP contribution in [0.15, 0.2) is 48.5 Å². The number of halogens is 2. The Morgan fingerprint density at radius 1 is 1.04 bits per heavy atom. The standard InChI is InChI=1S/C19H14F2O5/c20-19(21)26-15-8-6-12(7-9-15)17(24)18(25)14-4-1-3-13(11-14)16(23)5-2-10-22/h1,3-4,6-9,11,16,19,22-23H,10H2. The van der Waals surface area contributed by atoms with Gasteiger partial charge in [-0.3, -0.25) is 9.59 Å². The summed E-state index contributed by atoms with van der Waals surface area (Å²) in [6.07, 6.45) is -1.21. The zero-order valence-corrected chi connectivity index (χ0v) is 13.4. The maximum Gasteiger partial charge on any atom is 0.387 e. The molecule has 2 aromatic carbocycles. The first-order valence-electron chi connectivity index (χ1n) is 7.43. The normalized spacial score (nSPS) is 11.4. The molecular weight excluding hydrogens is 346 g/mol. The van der Waals surface area contributed by atoms with E-state index in [2.05, 4.69) is 16.6 Å². The van der Waals surface area contributed by atoms with Crippen LogP contribution < -0.4 is 4.74 Å². The van der Waals surface area contributed by atoms with Crippen molar-refractivity contribution in [1.29, 1.82) is 0 Å². The van der Waals surface area contributed by atoms with Crippen molar-refractivity contribution in [2.75, 3.05) is 6.61 Å². The molecule has 0 heterocycles. The van der Waals surface area contributed by atoms with E-state index in [4.69, 9.17) is 5.11 Å². The Kier molecular flexibility index (Phi) is 6.55. The summed E-state index contributed by atoms with van der Waals surface area (Å²) in [5, 5.41) is 18.5. The maximum absolute atomic E-state index is 12.3. The van der Waals surface area contributed by atoms with Crippen LogP contribution in [-0.2, 0) is 0 Å². The van der Waals surface area contributed by atoms with E-state index in [0.29, 0.717) is 5.56 Å². The number of aliphatic hydroxyl groups excluding tert-OH is 2. The number of aliphatic hydroxyl groups is 2. The second-order valence-electron chi connectivity index (χ2n) is 5.07. The molecule has 0 amide bonds. The minimum absolute atomic E-state index is 0.0163. The molecule has 0 aliphatic rings. The highest BCUT2D eigenvalue weighted by Crippen LogP contribution is 2.18. The van der Waals surface area contributed by atoms with Crippen LogP contribution in [0.3, 0.4) is 0 Å². The number of hydrogen-bond donors (Lipinski definition) is 2. The predicted octanol–water partition coefficient (Wildman–Crippen LogP) is 2.38. The minimum Gasteiger partial charge on any atom is -0.435 e. The lowest BCUT2D eigenvalue weighted by Gasteiger charge is -2.07. The molecule has 0 aromatic heterocycles. The summed E-state index contributed by atoms with van der Waals surface area (Å²) in [7, 11) is 0. The SMILES string of the molecule is O=C(C(=O)c1cccc(C(O)C#CCO)c1)c1ccc(OC(F)F)cc1. The summed E-state index contributed by atoms with van der Waals surface area (Å²) in [6, 6.07) is 10.5. The summed E-state index contributed by atoms with van der Waals surface area (Å²) in [6.45, 7) is -3.40. The van der Waals surface area contributed by atoms with Crippen molar-refractivity contribution in [2.24, 2.45) is 0 Å². The van der Waals surface area contributed by atoms with Gasteiger partial charge in [0, 0.05) is 11.1 Å². The zero-order valence-electron chi connectivity index (χ0n) is 13.4. The Hall–Kier alpha value is -3.08. The number of benzene rings is 2. The first kappa shape index (κ1) is 19.2. The van der Waals surface area contributed by atoms with Gasteiger partial charge < -0.3 is 14.9 Å². The van der Waals surface area contributed by atoms with Gasteiger partial charge in [-0.2, -0.15) is 8.78 Å². The summed E-state index contributed by atoms with van der Waals surface area (Å²) in [5.41, 5.74) is 0.359. The van der Waals surface area contributed by atoms with Crippen molar-refractivity contribution < 1.29 is 33.3 Å².